The van der Waals surface area contributed by atoms with E-state index in [0.717, 1.165) is 45.1 Å². The Hall–Kier alpha value is -3.12. The van der Waals surface area contributed by atoms with Crippen molar-refractivity contribution in [2.75, 3.05) is 0 Å². The summed E-state index contributed by atoms with van der Waals surface area (Å²) in [6.07, 6.45) is 4.13. The van der Waals surface area contributed by atoms with Crippen molar-refractivity contribution in [3.63, 3.8) is 0 Å². The van der Waals surface area contributed by atoms with E-state index in [2.05, 4.69) is 161 Å². The van der Waals surface area contributed by atoms with E-state index in [4.69, 9.17) is 4.42 Å². The molecule has 0 saturated carbocycles. The van der Waals surface area contributed by atoms with Crippen LogP contribution in [0.3, 0.4) is 0 Å². The van der Waals surface area contributed by atoms with Crippen molar-refractivity contribution >= 4 is 51.9 Å². The van der Waals surface area contributed by atoms with Gasteiger partial charge in [0.05, 0.1) is 19.5 Å². The van der Waals surface area contributed by atoms with E-state index in [1.165, 1.54) is 27.8 Å². The summed E-state index contributed by atoms with van der Waals surface area (Å²) < 4.78 is 6.42. The van der Waals surface area contributed by atoms with Gasteiger partial charge >= 0.3 is 0 Å². The molecule has 3 aromatic carbocycles. The first kappa shape index (κ1) is 44.3. The molecule has 5 nitrogen and oxygen atoms in total. The number of aliphatic hydroxyl groups is 1. The van der Waals surface area contributed by atoms with Crippen LogP contribution in [0.15, 0.2) is 65.0 Å². The van der Waals surface area contributed by atoms with Gasteiger partial charge in [0.2, 0.25) is 0 Å². The average Bonchev–Trinajstić information content (AvgIpc) is 3.36. The van der Waals surface area contributed by atoms with Crippen LogP contribution < -0.4 is 5.19 Å². The minimum Gasteiger partial charge on any atom is -0.512 e. The van der Waals surface area contributed by atoms with E-state index in [0.29, 0.717) is 23.7 Å². The molecule has 0 aliphatic carbocycles. The molecule has 0 fully saturated rings. The van der Waals surface area contributed by atoms with Gasteiger partial charge in [-0.2, -0.15) is 0 Å². The van der Waals surface area contributed by atoms with Crippen LogP contribution in [0.5, 0.6) is 0 Å². The first-order valence-corrected chi connectivity index (χ1v) is 22.7. The molecule has 0 spiro atoms. The summed E-state index contributed by atoms with van der Waals surface area (Å²) in [6, 6.07) is 19.1. The second-order valence-electron chi connectivity index (χ2n) is 18.5. The molecule has 0 unspecified atom stereocenters. The molecule has 0 aliphatic heterocycles. The maximum atomic E-state index is 12.3. The molecule has 7 heteroatoms. The van der Waals surface area contributed by atoms with Crippen LogP contribution in [0, 0.1) is 53.9 Å². The Kier molecular flexibility index (Phi) is 14.7. The summed E-state index contributed by atoms with van der Waals surface area (Å²) in [7, 11) is -1.60. The van der Waals surface area contributed by atoms with Crippen molar-refractivity contribution < 1.29 is 34.4 Å². The number of aromatic nitrogens is 2. The minimum atomic E-state index is -1.60. The van der Waals surface area contributed by atoms with Gasteiger partial charge in [-0.3, -0.25) is 9.78 Å². The zero-order valence-corrected chi connectivity index (χ0v) is 38.3. The molecule has 53 heavy (non-hydrogen) atoms. The van der Waals surface area contributed by atoms with Crippen LogP contribution in [0.2, 0.25) is 19.6 Å². The number of rotatable bonds is 10. The maximum Gasteiger partial charge on any atom is 0.162 e. The van der Waals surface area contributed by atoms with Crippen LogP contribution in [0.25, 0.3) is 44.1 Å². The first-order chi connectivity index (χ1) is 24.1. The average molecular weight is 912 g/mol. The Morgan fingerprint density at radius 3 is 1.98 bits per heavy atom. The molecule has 1 radical (unpaired) electrons. The number of benzene rings is 3. The van der Waals surface area contributed by atoms with E-state index < -0.39 is 8.07 Å². The third-order valence-corrected chi connectivity index (χ3v) is 12.0. The molecular weight excluding hydrogens is 849 g/mol. The van der Waals surface area contributed by atoms with Gasteiger partial charge in [-0.05, 0) is 60.1 Å². The molecule has 5 aromatic rings. The fourth-order valence-corrected chi connectivity index (χ4v) is 9.50. The predicted octanol–water partition coefficient (Wildman–Crippen LogP) is 12.3. The largest absolute Gasteiger partial charge is 0.512 e. The van der Waals surface area contributed by atoms with E-state index in [1.54, 1.807) is 6.33 Å². The van der Waals surface area contributed by atoms with Crippen LogP contribution in [0.1, 0.15) is 87.3 Å². The van der Waals surface area contributed by atoms with Crippen molar-refractivity contribution in [1.29, 1.82) is 0 Å². The maximum absolute atomic E-state index is 12.3. The Morgan fingerprint density at radius 2 is 1.43 bits per heavy atom. The number of ketones is 1. The number of hydrogen-bond donors (Lipinski definition) is 1. The van der Waals surface area contributed by atoms with Gasteiger partial charge in [0.25, 0.3) is 0 Å². The number of aliphatic hydroxyl groups excluding tert-OH is 1. The van der Waals surface area contributed by atoms with Gasteiger partial charge in [0.15, 0.2) is 5.78 Å². The number of furan rings is 1. The van der Waals surface area contributed by atoms with Crippen molar-refractivity contribution in [2.45, 2.75) is 109 Å². The van der Waals surface area contributed by atoms with Crippen LogP contribution >= 0.6 is 0 Å². The third kappa shape index (κ3) is 10.8. The van der Waals surface area contributed by atoms with Crippen molar-refractivity contribution in [2.24, 2.45) is 40.9 Å². The monoisotopic (exact) mass is 912 g/mol. The fourth-order valence-electron chi connectivity index (χ4n) is 7.90. The summed E-state index contributed by atoms with van der Waals surface area (Å²) in [6.45, 7) is 32.7. The second kappa shape index (κ2) is 17.6. The van der Waals surface area contributed by atoms with Crippen LogP contribution in [-0.2, 0) is 31.3 Å². The predicted molar refractivity (Wildman–Crippen MR) is 224 cm³/mol. The Labute approximate surface area is 333 Å². The zero-order valence-electron chi connectivity index (χ0n) is 34.9. The second-order valence-corrected chi connectivity index (χ2v) is 23.5. The fraction of sp³-hybridized carbons (Fsp3) is 0.500. The normalized spacial score (nSPS) is 12.9. The van der Waals surface area contributed by atoms with Gasteiger partial charge in [-0.15, -0.1) is 28.8 Å². The van der Waals surface area contributed by atoms with Gasteiger partial charge in [0.1, 0.15) is 23.0 Å². The quantitative estimate of drug-likeness (QED) is 0.0654. The van der Waals surface area contributed by atoms with Gasteiger partial charge in [-0.1, -0.05) is 131 Å². The first-order valence-electron chi connectivity index (χ1n) is 19.2. The molecule has 2 heterocycles. The summed E-state index contributed by atoms with van der Waals surface area (Å²) in [5.74, 6) is 1.63. The third-order valence-electron chi connectivity index (χ3n) is 9.97. The molecule has 0 bridgehead atoms. The Balaban J connectivity index is 0.000000327. The van der Waals surface area contributed by atoms with Gasteiger partial charge in [-0.25, -0.2) is 4.98 Å². The minimum absolute atomic E-state index is 0. The van der Waals surface area contributed by atoms with E-state index in [9.17, 15) is 9.90 Å². The number of carbonyl (C=O) groups excluding carboxylic acids is 1. The van der Waals surface area contributed by atoms with Gasteiger partial charge < -0.3 is 9.52 Å². The number of fused-ring (bicyclic) bond motifs is 4. The zero-order chi connectivity index (χ0) is 38.9. The van der Waals surface area contributed by atoms with E-state index >= 15 is 0 Å². The van der Waals surface area contributed by atoms with Crippen LogP contribution in [-0.4, -0.2) is 28.9 Å². The Bertz CT molecular complexity index is 2050. The molecule has 5 rings (SSSR count). The number of allylic oxidation sites excluding steroid dienone is 2. The molecule has 0 saturated heterocycles. The number of carbonyl (C=O) groups is 1. The smallest absolute Gasteiger partial charge is 0.162 e. The van der Waals surface area contributed by atoms with Crippen molar-refractivity contribution in [3.05, 3.63) is 77.8 Å². The van der Waals surface area contributed by atoms with E-state index in [1.807, 2.05) is 0 Å². The summed E-state index contributed by atoms with van der Waals surface area (Å²) in [4.78, 5) is 21.6. The van der Waals surface area contributed by atoms with E-state index in [-0.39, 0.29) is 48.9 Å². The van der Waals surface area contributed by atoms with Gasteiger partial charge in [0, 0.05) is 43.4 Å². The number of hydrogen-bond acceptors (Lipinski definition) is 5. The molecule has 0 atom stereocenters. The Morgan fingerprint density at radius 1 is 0.849 bits per heavy atom. The molecule has 289 valence electrons. The van der Waals surface area contributed by atoms with Crippen LogP contribution in [0.4, 0.5) is 0 Å². The topological polar surface area (TPSA) is 76.2 Å². The molecule has 2 aromatic heterocycles. The number of nitrogens with zero attached hydrogens (tertiary/aromatic N) is 2. The molecule has 1 N–H and O–H groups in total. The number of aryl methyl sites for hydroxylation is 1. The van der Waals surface area contributed by atoms with Crippen molar-refractivity contribution in [3.8, 4) is 11.3 Å². The standard InChI is InChI=1S/C29H31N2OSi.C17H32O2.Ir/c1-18-8-10-22-20(12-18)14-21(15-25(22)33(5,6)7)26-28-27(31-17-30-26)23-11-9-19(13-24(23)32-28)16-29(2,3)4;1-10(2)16(11(3)4)14(18)9-15(19)17(12(5)6)13(7)8;/h8-13,15,17H,16H2,1-7H3;9-13,16-18H,1-8H3;/q-1;;/b;14-9-;. The summed E-state index contributed by atoms with van der Waals surface area (Å²) in [5, 5.41) is 15.2. The summed E-state index contributed by atoms with van der Waals surface area (Å²) in [5.41, 5.74) is 7.00. The molecule has 0 aliphatic rings. The molecular formula is C46H63IrN2O3Si-. The molecule has 0 amide bonds. The SMILES string of the molecule is CC(C)C(C(=O)/C=C(\O)C(C(C)C)C(C)C)C(C)C.Cc1ccc2c([Si](C)(C)C)cc(-c3ncnc4c3oc3cc(CC(C)(C)C)ccc34)[c-]c2c1.[Ir]. The summed E-state index contributed by atoms with van der Waals surface area (Å²) >= 11 is 0. The van der Waals surface area contributed by atoms with Crippen molar-refractivity contribution in [1.82, 2.24) is 9.97 Å².